The highest BCUT2D eigenvalue weighted by Crippen LogP contribution is 2.37. The van der Waals surface area contributed by atoms with Gasteiger partial charge in [0, 0.05) is 22.3 Å². The fraction of sp³-hybridized carbons (Fsp3) is 0.333. The normalized spacial score (nSPS) is 15.9. The Bertz CT molecular complexity index is 912. The lowest BCUT2D eigenvalue weighted by Gasteiger charge is -2.25. The summed E-state index contributed by atoms with van der Waals surface area (Å²) in [4.78, 5) is 27.4. The Labute approximate surface area is 190 Å². The average molecular weight is 473 g/mol. The Balaban J connectivity index is 0.00000320. The van der Waals surface area contributed by atoms with Gasteiger partial charge in [-0.1, -0.05) is 30.7 Å². The van der Waals surface area contributed by atoms with Crippen molar-refractivity contribution in [2.45, 2.75) is 30.8 Å². The van der Waals surface area contributed by atoms with Gasteiger partial charge in [0.25, 0.3) is 0 Å². The zero-order valence-corrected chi connectivity index (χ0v) is 18.8. The molecular weight excluding hydrogens is 450 g/mol. The van der Waals surface area contributed by atoms with E-state index >= 15 is 0 Å². The molecule has 1 atom stereocenters. The molecular formula is C21H23Cl2FN2O3S. The first-order valence-corrected chi connectivity index (χ1v) is 10.7. The monoisotopic (exact) mass is 472 g/mol. The number of nitrogens with zero attached hydrogens (tertiary/aromatic N) is 1. The van der Waals surface area contributed by atoms with Crippen molar-refractivity contribution in [1.29, 1.82) is 0 Å². The molecule has 2 aromatic carbocycles. The van der Waals surface area contributed by atoms with Crippen molar-refractivity contribution in [3.05, 3.63) is 58.4 Å². The molecule has 0 saturated carbocycles. The molecule has 30 heavy (non-hydrogen) atoms. The molecule has 1 aliphatic rings. The fourth-order valence-electron chi connectivity index (χ4n) is 2.98. The maximum absolute atomic E-state index is 14.6. The summed E-state index contributed by atoms with van der Waals surface area (Å²) in [6.45, 7) is 2.38. The van der Waals surface area contributed by atoms with Crippen LogP contribution in [0.4, 0.5) is 10.1 Å². The number of ether oxygens (including phenoxy) is 1. The molecule has 3 rings (SSSR count). The topological polar surface area (TPSA) is 72.6 Å². The number of hydrogen-bond donors (Lipinski definition) is 1. The number of ketones is 1. The van der Waals surface area contributed by atoms with Crippen LogP contribution >= 0.6 is 35.8 Å². The largest absolute Gasteiger partial charge is 0.373 e. The van der Waals surface area contributed by atoms with Crippen LogP contribution in [-0.4, -0.2) is 36.7 Å². The van der Waals surface area contributed by atoms with Crippen LogP contribution < -0.4 is 10.6 Å². The van der Waals surface area contributed by atoms with Crippen LogP contribution in [0.5, 0.6) is 0 Å². The van der Waals surface area contributed by atoms with Gasteiger partial charge in [-0.05, 0) is 36.2 Å². The number of nitrogens with two attached hydrogens (primary N) is 1. The Morgan fingerprint density at radius 3 is 2.70 bits per heavy atom. The van der Waals surface area contributed by atoms with E-state index in [2.05, 4.69) is 0 Å². The van der Waals surface area contributed by atoms with Crippen molar-refractivity contribution in [3.63, 3.8) is 0 Å². The zero-order chi connectivity index (χ0) is 21.0. The summed E-state index contributed by atoms with van der Waals surface area (Å²) in [5.41, 5.74) is 7.26. The smallest absolute Gasteiger partial charge is 0.245 e. The minimum atomic E-state index is -0.727. The van der Waals surface area contributed by atoms with Crippen LogP contribution in [0.1, 0.15) is 29.3 Å². The molecule has 0 bridgehead atoms. The van der Waals surface area contributed by atoms with E-state index in [1.165, 1.54) is 28.8 Å². The second kappa shape index (κ2) is 11.1. The van der Waals surface area contributed by atoms with Gasteiger partial charge in [0.1, 0.15) is 12.4 Å². The predicted molar refractivity (Wildman–Crippen MR) is 120 cm³/mol. The van der Waals surface area contributed by atoms with E-state index in [0.717, 1.165) is 12.0 Å². The number of hydrogen-bond acceptors (Lipinski definition) is 5. The third kappa shape index (κ3) is 5.74. The van der Waals surface area contributed by atoms with Crippen molar-refractivity contribution < 1.29 is 18.7 Å². The van der Waals surface area contributed by atoms with Gasteiger partial charge < -0.3 is 15.4 Å². The zero-order valence-electron chi connectivity index (χ0n) is 16.4. The Hall–Kier alpha value is -1.64. The second-order valence-electron chi connectivity index (χ2n) is 6.74. The number of benzene rings is 2. The van der Waals surface area contributed by atoms with Crippen LogP contribution in [0, 0.1) is 5.82 Å². The van der Waals surface area contributed by atoms with E-state index in [4.69, 9.17) is 22.1 Å². The highest BCUT2D eigenvalue weighted by molar-refractivity contribution is 7.99. The van der Waals surface area contributed by atoms with Crippen molar-refractivity contribution in [1.82, 2.24) is 0 Å². The molecule has 9 heteroatoms. The van der Waals surface area contributed by atoms with E-state index in [1.807, 2.05) is 19.1 Å². The minimum absolute atomic E-state index is 0. The molecule has 2 aromatic rings. The molecule has 1 amide bonds. The third-order valence-electron chi connectivity index (χ3n) is 4.48. The lowest BCUT2D eigenvalue weighted by Crippen LogP contribution is -2.44. The number of thioether (sulfide) groups is 1. The number of rotatable bonds is 7. The number of carbonyl (C=O) groups is 2. The molecule has 0 fully saturated rings. The average Bonchev–Trinajstić information content (AvgIpc) is 2.81. The van der Waals surface area contributed by atoms with Gasteiger partial charge in [-0.3, -0.25) is 9.59 Å². The maximum Gasteiger partial charge on any atom is 0.245 e. The standard InChI is InChI=1S/C21H22ClFN2O3S.ClH/c1-2-7-28-11-19(26)15-8-18-20(9-16(15)23)29-12-17(24)21(27)25(18)10-13-3-5-14(22)6-4-13;/h3-6,8-9,17H,2,7,10-12,24H2,1H3;1H/t17-;/m0./s1. The molecule has 2 N–H and O–H groups in total. The first kappa shape index (κ1) is 24.6. The van der Waals surface area contributed by atoms with Crippen LogP contribution in [0.25, 0.3) is 0 Å². The molecule has 162 valence electrons. The van der Waals surface area contributed by atoms with Crippen molar-refractivity contribution >= 4 is 53.1 Å². The number of Topliss-reactive ketones (excluding diaryl/α,β-unsaturated/α-hetero) is 1. The van der Waals surface area contributed by atoms with Gasteiger partial charge in [0.05, 0.1) is 23.8 Å². The van der Waals surface area contributed by atoms with Crippen molar-refractivity contribution in [2.75, 3.05) is 23.9 Å². The van der Waals surface area contributed by atoms with E-state index < -0.39 is 17.6 Å². The molecule has 1 heterocycles. The van der Waals surface area contributed by atoms with E-state index in [0.29, 0.717) is 28.0 Å². The SMILES string of the molecule is CCCOCC(=O)c1cc2c(cc1F)SC[C@H](N)C(=O)N2Cc1ccc(Cl)cc1.Cl. The molecule has 0 saturated heterocycles. The van der Waals surface area contributed by atoms with Crippen molar-refractivity contribution in [2.24, 2.45) is 5.73 Å². The summed E-state index contributed by atoms with van der Waals surface area (Å²) >= 11 is 7.25. The first-order valence-electron chi connectivity index (χ1n) is 9.29. The number of halogens is 3. The van der Waals surface area contributed by atoms with Gasteiger partial charge in [0.2, 0.25) is 5.91 Å². The third-order valence-corrected chi connectivity index (χ3v) is 5.89. The Morgan fingerprint density at radius 2 is 2.03 bits per heavy atom. The van der Waals surface area contributed by atoms with Gasteiger partial charge in [0.15, 0.2) is 5.78 Å². The summed E-state index contributed by atoms with van der Waals surface area (Å²) in [6.07, 6.45) is 0.762. The minimum Gasteiger partial charge on any atom is -0.373 e. The quantitative estimate of drug-likeness (QED) is 0.475. The van der Waals surface area contributed by atoms with E-state index in [9.17, 15) is 14.0 Å². The Kier molecular flexibility index (Phi) is 9.12. The predicted octanol–water partition coefficient (Wildman–Crippen LogP) is 4.48. The molecule has 0 spiro atoms. The van der Waals surface area contributed by atoms with Crippen molar-refractivity contribution in [3.8, 4) is 0 Å². The Morgan fingerprint density at radius 1 is 1.33 bits per heavy atom. The molecule has 0 radical (unpaired) electrons. The summed E-state index contributed by atoms with van der Waals surface area (Å²) in [5.74, 6) is -1.04. The molecule has 0 aromatic heterocycles. The van der Waals surface area contributed by atoms with Crippen LogP contribution in [0.3, 0.4) is 0 Å². The summed E-state index contributed by atoms with van der Waals surface area (Å²) in [5, 5.41) is 0.589. The van der Waals surface area contributed by atoms with Gasteiger partial charge in [-0.2, -0.15) is 0 Å². The lowest BCUT2D eigenvalue weighted by atomic mass is 10.1. The van der Waals surface area contributed by atoms with Crippen LogP contribution in [-0.2, 0) is 16.1 Å². The number of carbonyl (C=O) groups excluding carboxylic acids is 2. The van der Waals surface area contributed by atoms with E-state index in [-0.39, 0.29) is 37.0 Å². The first-order chi connectivity index (χ1) is 13.9. The number of anilines is 1. The highest BCUT2D eigenvalue weighted by atomic mass is 35.5. The molecule has 1 aliphatic heterocycles. The number of fused-ring (bicyclic) bond motifs is 1. The molecule has 5 nitrogen and oxygen atoms in total. The summed E-state index contributed by atoms with van der Waals surface area (Å²) in [6, 6.07) is 9.10. The van der Waals surface area contributed by atoms with Crippen LogP contribution in [0.15, 0.2) is 41.3 Å². The van der Waals surface area contributed by atoms with Crippen LogP contribution in [0.2, 0.25) is 5.02 Å². The highest BCUT2D eigenvalue weighted by Gasteiger charge is 2.30. The maximum atomic E-state index is 14.6. The van der Waals surface area contributed by atoms with E-state index in [1.54, 1.807) is 12.1 Å². The fourth-order valence-corrected chi connectivity index (χ4v) is 4.11. The molecule has 0 aliphatic carbocycles. The lowest BCUT2D eigenvalue weighted by molar-refractivity contribution is -0.119. The van der Waals surface area contributed by atoms with Gasteiger partial charge >= 0.3 is 0 Å². The van der Waals surface area contributed by atoms with Gasteiger partial charge in [-0.25, -0.2) is 4.39 Å². The number of amides is 1. The second-order valence-corrected chi connectivity index (χ2v) is 8.24. The summed E-state index contributed by atoms with van der Waals surface area (Å²) < 4.78 is 19.9. The summed E-state index contributed by atoms with van der Waals surface area (Å²) in [7, 11) is 0. The molecule has 0 unspecified atom stereocenters. The van der Waals surface area contributed by atoms with Gasteiger partial charge in [-0.15, -0.1) is 24.2 Å².